The molecule has 0 aliphatic carbocycles. The lowest BCUT2D eigenvalue weighted by Crippen LogP contribution is -2.21. The molecule has 0 fully saturated rings. The quantitative estimate of drug-likeness (QED) is 0.599. The predicted molar refractivity (Wildman–Crippen MR) is 119 cm³/mol. The van der Waals surface area contributed by atoms with Gasteiger partial charge >= 0.3 is 0 Å². The van der Waals surface area contributed by atoms with Crippen LogP contribution in [0.2, 0.25) is 0 Å². The largest absolute Gasteiger partial charge is 0.372 e. The van der Waals surface area contributed by atoms with E-state index in [1.54, 1.807) is 0 Å². The van der Waals surface area contributed by atoms with Gasteiger partial charge in [-0.3, -0.25) is 4.79 Å². The third-order valence-corrected chi connectivity index (χ3v) is 4.78. The van der Waals surface area contributed by atoms with Crippen molar-refractivity contribution < 1.29 is 4.79 Å². The molecule has 1 amide bonds. The van der Waals surface area contributed by atoms with Crippen molar-refractivity contribution in [2.45, 2.75) is 27.7 Å². The van der Waals surface area contributed by atoms with E-state index in [1.165, 1.54) is 18.1 Å². The molecular weight excluding hydrogens is 362 g/mol. The number of amides is 1. The van der Waals surface area contributed by atoms with E-state index in [0.717, 1.165) is 35.6 Å². The van der Waals surface area contributed by atoms with Gasteiger partial charge in [-0.05, 0) is 69.2 Å². The molecule has 0 spiro atoms. The Morgan fingerprint density at radius 1 is 1.00 bits per heavy atom. The number of aromatic nitrogens is 2. The Morgan fingerprint density at radius 3 is 2.34 bits per heavy atom. The number of rotatable bonds is 7. The van der Waals surface area contributed by atoms with Crippen LogP contribution in [-0.4, -0.2) is 29.0 Å². The SMILES string of the molecule is CCN(CC)c1ccc(Nc2ncc(C(=O)Nc3cccc(C)c3)cn2)c(C)c1. The highest BCUT2D eigenvalue weighted by Gasteiger charge is 2.10. The summed E-state index contributed by atoms with van der Waals surface area (Å²) < 4.78 is 0. The summed E-state index contributed by atoms with van der Waals surface area (Å²) in [5, 5.41) is 6.09. The predicted octanol–water partition coefficient (Wildman–Crippen LogP) is 4.94. The molecular formula is C23H27N5O. The number of carbonyl (C=O) groups excluding carboxylic acids is 1. The monoisotopic (exact) mass is 389 g/mol. The van der Waals surface area contributed by atoms with Crippen LogP contribution in [0.3, 0.4) is 0 Å². The maximum absolute atomic E-state index is 12.4. The van der Waals surface area contributed by atoms with E-state index in [2.05, 4.69) is 58.4 Å². The van der Waals surface area contributed by atoms with Crippen LogP contribution in [0.25, 0.3) is 0 Å². The van der Waals surface area contributed by atoms with Gasteiger partial charge in [0, 0.05) is 42.5 Å². The van der Waals surface area contributed by atoms with Gasteiger partial charge in [-0.1, -0.05) is 12.1 Å². The highest BCUT2D eigenvalue weighted by atomic mass is 16.1. The summed E-state index contributed by atoms with van der Waals surface area (Å²) in [4.78, 5) is 23.3. The molecule has 0 saturated carbocycles. The van der Waals surface area contributed by atoms with E-state index in [-0.39, 0.29) is 5.91 Å². The van der Waals surface area contributed by atoms with Crippen LogP contribution in [0, 0.1) is 13.8 Å². The molecule has 3 aromatic rings. The van der Waals surface area contributed by atoms with Crippen molar-refractivity contribution >= 4 is 28.9 Å². The highest BCUT2D eigenvalue weighted by Crippen LogP contribution is 2.24. The molecule has 6 nitrogen and oxygen atoms in total. The van der Waals surface area contributed by atoms with Crippen LogP contribution in [0.5, 0.6) is 0 Å². The van der Waals surface area contributed by atoms with Crippen molar-refractivity contribution in [3.05, 3.63) is 71.5 Å². The molecule has 29 heavy (non-hydrogen) atoms. The fourth-order valence-electron chi connectivity index (χ4n) is 3.13. The normalized spacial score (nSPS) is 10.5. The van der Waals surface area contributed by atoms with E-state index < -0.39 is 0 Å². The third kappa shape index (κ3) is 5.10. The summed E-state index contributed by atoms with van der Waals surface area (Å²) in [6.07, 6.45) is 3.06. The van der Waals surface area contributed by atoms with E-state index >= 15 is 0 Å². The van der Waals surface area contributed by atoms with Gasteiger partial charge in [-0.25, -0.2) is 9.97 Å². The van der Waals surface area contributed by atoms with Gasteiger partial charge < -0.3 is 15.5 Å². The van der Waals surface area contributed by atoms with Gasteiger partial charge in [0.1, 0.15) is 0 Å². The van der Waals surface area contributed by atoms with E-state index in [0.29, 0.717) is 11.5 Å². The maximum Gasteiger partial charge on any atom is 0.258 e. The average molecular weight is 390 g/mol. The Labute approximate surface area is 172 Å². The molecule has 0 saturated heterocycles. The summed E-state index contributed by atoms with van der Waals surface area (Å²) in [7, 11) is 0. The molecule has 1 heterocycles. The lowest BCUT2D eigenvalue weighted by molar-refractivity contribution is 0.102. The standard InChI is InChI=1S/C23H27N5O/c1-5-28(6-2)20-10-11-21(17(4)13-20)27-23-24-14-18(15-25-23)22(29)26-19-9-7-8-16(3)12-19/h7-15H,5-6H2,1-4H3,(H,26,29)(H,24,25,27). The van der Waals surface area contributed by atoms with Crippen LogP contribution >= 0.6 is 0 Å². The fraction of sp³-hybridized carbons (Fsp3) is 0.261. The summed E-state index contributed by atoms with van der Waals surface area (Å²) in [5.41, 5.74) is 5.49. The van der Waals surface area contributed by atoms with Crippen molar-refractivity contribution in [1.82, 2.24) is 9.97 Å². The zero-order valence-electron chi connectivity index (χ0n) is 17.4. The van der Waals surface area contributed by atoms with Crippen molar-refractivity contribution in [2.24, 2.45) is 0 Å². The molecule has 6 heteroatoms. The molecule has 2 aromatic carbocycles. The molecule has 150 valence electrons. The number of hydrogen-bond acceptors (Lipinski definition) is 5. The Kier molecular flexibility index (Phi) is 6.44. The molecule has 0 atom stereocenters. The summed E-state index contributed by atoms with van der Waals surface area (Å²) in [5.74, 6) is 0.220. The molecule has 3 rings (SSSR count). The Hall–Kier alpha value is -3.41. The average Bonchev–Trinajstić information content (AvgIpc) is 2.71. The second-order valence-electron chi connectivity index (χ2n) is 6.92. The first-order valence-electron chi connectivity index (χ1n) is 9.82. The molecule has 0 aliphatic rings. The first-order valence-corrected chi connectivity index (χ1v) is 9.82. The fourth-order valence-corrected chi connectivity index (χ4v) is 3.13. The second-order valence-corrected chi connectivity index (χ2v) is 6.92. The first kappa shape index (κ1) is 20.3. The van der Waals surface area contributed by atoms with Crippen LogP contribution in [0.1, 0.15) is 35.3 Å². The number of hydrogen-bond donors (Lipinski definition) is 2. The van der Waals surface area contributed by atoms with Gasteiger partial charge in [0.25, 0.3) is 5.91 Å². The summed E-state index contributed by atoms with van der Waals surface area (Å²) >= 11 is 0. The van der Waals surface area contributed by atoms with Crippen LogP contribution < -0.4 is 15.5 Å². The molecule has 0 radical (unpaired) electrons. The van der Waals surface area contributed by atoms with Gasteiger partial charge in [0.2, 0.25) is 5.95 Å². The second kappa shape index (κ2) is 9.19. The Bertz CT molecular complexity index is 981. The summed E-state index contributed by atoms with van der Waals surface area (Å²) in [6.45, 7) is 10.3. The molecule has 1 aromatic heterocycles. The lowest BCUT2D eigenvalue weighted by atomic mass is 10.1. The van der Waals surface area contributed by atoms with Gasteiger partial charge in [-0.15, -0.1) is 0 Å². The molecule has 0 aliphatic heterocycles. The van der Waals surface area contributed by atoms with Crippen LogP contribution in [0.15, 0.2) is 54.9 Å². The van der Waals surface area contributed by atoms with E-state index in [9.17, 15) is 4.79 Å². The van der Waals surface area contributed by atoms with Crippen molar-refractivity contribution in [1.29, 1.82) is 0 Å². The van der Waals surface area contributed by atoms with Crippen molar-refractivity contribution in [2.75, 3.05) is 28.6 Å². The minimum Gasteiger partial charge on any atom is -0.372 e. The lowest BCUT2D eigenvalue weighted by Gasteiger charge is -2.22. The third-order valence-electron chi connectivity index (χ3n) is 4.78. The van der Waals surface area contributed by atoms with Gasteiger partial charge in [0.05, 0.1) is 5.56 Å². The number of anilines is 4. The zero-order valence-corrected chi connectivity index (χ0v) is 17.4. The number of aryl methyl sites for hydroxylation is 2. The summed E-state index contributed by atoms with van der Waals surface area (Å²) in [6, 6.07) is 13.9. The number of carbonyl (C=O) groups is 1. The first-order chi connectivity index (χ1) is 14.0. The van der Waals surface area contributed by atoms with Crippen molar-refractivity contribution in [3.8, 4) is 0 Å². The zero-order chi connectivity index (χ0) is 20.8. The highest BCUT2D eigenvalue weighted by molar-refractivity contribution is 6.03. The minimum atomic E-state index is -0.234. The van der Waals surface area contributed by atoms with Crippen LogP contribution in [0.4, 0.5) is 23.0 Å². The molecule has 0 bridgehead atoms. The van der Waals surface area contributed by atoms with Crippen molar-refractivity contribution in [3.63, 3.8) is 0 Å². The van der Waals surface area contributed by atoms with Gasteiger partial charge in [-0.2, -0.15) is 0 Å². The molecule has 2 N–H and O–H groups in total. The smallest absolute Gasteiger partial charge is 0.258 e. The number of nitrogens with zero attached hydrogens (tertiary/aromatic N) is 3. The topological polar surface area (TPSA) is 70.2 Å². The van der Waals surface area contributed by atoms with Gasteiger partial charge in [0.15, 0.2) is 0 Å². The van der Waals surface area contributed by atoms with E-state index in [4.69, 9.17) is 0 Å². The molecule has 0 unspecified atom stereocenters. The number of benzene rings is 2. The Morgan fingerprint density at radius 2 is 1.72 bits per heavy atom. The van der Waals surface area contributed by atoms with E-state index in [1.807, 2.05) is 37.3 Å². The van der Waals surface area contributed by atoms with Crippen LogP contribution in [-0.2, 0) is 0 Å². The minimum absolute atomic E-state index is 0.234. The maximum atomic E-state index is 12.4. The Balaban J connectivity index is 1.68. The number of nitrogens with one attached hydrogen (secondary N) is 2.